The smallest absolute Gasteiger partial charge is 0.341 e. The zero-order chi connectivity index (χ0) is 14.7. The van der Waals surface area contributed by atoms with Crippen LogP contribution in [0.25, 0.3) is 0 Å². The van der Waals surface area contributed by atoms with Gasteiger partial charge < -0.3 is 9.84 Å². The van der Waals surface area contributed by atoms with Gasteiger partial charge in [0.05, 0.1) is 12.7 Å². The lowest BCUT2D eigenvalue weighted by atomic mass is 9.91. The van der Waals surface area contributed by atoms with Crippen LogP contribution >= 0.6 is 0 Å². The Bertz CT molecular complexity index is 471. The van der Waals surface area contributed by atoms with E-state index < -0.39 is 23.2 Å². The molecule has 1 saturated heterocycles. The highest BCUT2D eigenvalue weighted by Gasteiger charge is 2.25. The Labute approximate surface area is 116 Å². The summed E-state index contributed by atoms with van der Waals surface area (Å²) in [5, 5.41) is 8.73. The normalized spacial score (nSPS) is 22.8. The molecule has 2 unspecified atom stereocenters. The predicted molar refractivity (Wildman–Crippen MR) is 69.6 cm³/mol. The van der Waals surface area contributed by atoms with Crippen molar-refractivity contribution in [3.63, 3.8) is 0 Å². The van der Waals surface area contributed by atoms with Crippen LogP contribution in [0, 0.1) is 17.6 Å². The molecule has 3 nitrogen and oxygen atoms in total. The third kappa shape index (κ3) is 3.15. The van der Waals surface area contributed by atoms with Crippen LogP contribution in [0.3, 0.4) is 0 Å². The van der Waals surface area contributed by atoms with Crippen molar-refractivity contribution >= 4 is 5.97 Å². The van der Waals surface area contributed by atoms with Crippen molar-refractivity contribution in [1.82, 2.24) is 0 Å². The molecule has 1 fully saturated rings. The van der Waals surface area contributed by atoms with Gasteiger partial charge in [0.25, 0.3) is 0 Å². The van der Waals surface area contributed by atoms with E-state index in [4.69, 9.17) is 9.84 Å². The maximum Gasteiger partial charge on any atom is 0.341 e. The highest BCUT2D eigenvalue weighted by Crippen LogP contribution is 2.33. The summed E-state index contributed by atoms with van der Waals surface area (Å²) in [5.41, 5.74) is -0.534. The number of rotatable bonds is 4. The lowest BCUT2D eigenvalue weighted by molar-refractivity contribution is -0.0197. The van der Waals surface area contributed by atoms with Crippen molar-refractivity contribution in [2.45, 2.75) is 38.7 Å². The van der Waals surface area contributed by atoms with E-state index in [1.54, 1.807) is 0 Å². The molecule has 0 saturated carbocycles. The fourth-order valence-electron chi connectivity index (χ4n) is 2.69. The summed E-state index contributed by atoms with van der Waals surface area (Å²) < 4.78 is 32.9. The molecule has 20 heavy (non-hydrogen) atoms. The molecule has 1 aliphatic rings. The van der Waals surface area contributed by atoms with E-state index in [2.05, 4.69) is 6.92 Å². The first kappa shape index (κ1) is 14.9. The van der Waals surface area contributed by atoms with E-state index in [1.807, 2.05) is 0 Å². The maximum absolute atomic E-state index is 13.6. The van der Waals surface area contributed by atoms with Crippen molar-refractivity contribution in [2.24, 2.45) is 5.92 Å². The summed E-state index contributed by atoms with van der Waals surface area (Å²) in [6.45, 7) is 2.70. The highest BCUT2D eigenvalue weighted by molar-refractivity contribution is 5.88. The quantitative estimate of drug-likeness (QED) is 0.911. The number of hydrogen-bond donors (Lipinski definition) is 1. The molecular formula is C15H18F2O3. The summed E-state index contributed by atoms with van der Waals surface area (Å²) in [7, 11) is 0. The molecule has 0 amide bonds. The first-order valence-corrected chi connectivity index (χ1v) is 6.86. The van der Waals surface area contributed by atoms with E-state index in [0.717, 1.165) is 31.4 Å². The Hall–Kier alpha value is -1.49. The summed E-state index contributed by atoms with van der Waals surface area (Å²) >= 11 is 0. The minimum atomic E-state index is -1.60. The number of carbonyl (C=O) groups is 1. The zero-order valence-corrected chi connectivity index (χ0v) is 11.4. The molecule has 110 valence electrons. The Morgan fingerprint density at radius 1 is 1.35 bits per heavy atom. The first-order chi connectivity index (χ1) is 9.52. The van der Waals surface area contributed by atoms with Gasteiger partial charge in [-0.15, -0.1) is 0 Å². The van der Waals surface area contributed by atoms with Gasteiger partial charge in [0.15, 0.2) is 0 Å². The molecule has 2 rings (SSSR count). The topological polar surface area (TPSA) is 46.5 Å². The number of carboxylic acid groups (broad SMARTS) is 1. The lowest BCUT2D eigenvalue weighted by Crippen LogP contribution is -2.21. The molecule has 1 aromatic rings. The summed E-state index contributed by atoms with van der Waals surface area (Å²) in [5.74, 6) is -3.19. The van der Waals surface area contributed by atoms with E-state index in [1.165, 1.54) is 0 Å². The van der Waals surface area contributed by atoms with Gasteiger partial charge in [0.1, 0.15) is 17.2 Å². The highest BCUT2D eigenvalue weighted by atomic mass is 19.1. The van der Waals surface area contributed by atoms with Gasteiger partial charge in [-0.25, -0.2) is 13.6 Å². The zero-order valence-electron chi connectivity index (χ0n) is 11.4. The molecule has 1 aromatic carbocycles. The first-order valence-electron chi connectivity index (χ1n) is 6.86. The fraction of sp³-hybridized carbons (Fsp3) is 0.533. The van der Waals surface area contributed by atoms with Crippen molar-refractivity contribution in [2.75, 3.05) is 6.61 Å². The van der Waals surface area contributed by atoms with Gasteiger partial charge in [-0.2, -0.15) is 0 Å². The number of benzene rings is 1. The minimum Gasteiger partial charge on any atom is -0.477 e. The standard InChI is InChI=1S/C15H18F2O3/c1-2-3-9-4-5-13(20-8-9)10-6-11(16)14(15(18)19)12(17)7-10/h6-7,9,13H,2-5,8H2,1H3,(H,18,19). The van der Waals surface area contributed by atoms with Gasteiger partial charge in [-0.3, -0.25) is 0 Å². The lowest BCUT2D eigenvalue weighted by Gasteiger charge is -2.29. The van der Waals surface area contributed by atoms with Crippen LogP contribution in [-0.2, 0) is 4.74 Å². The average Bonchev–Trinajstić information content (AvgIpc) is 2.38. The Morgan fingerprint density at radius 3 is 2.45 bits per heavy atom. The largest absolute Gasteiger partial charge is 0.477 e. The average molecular weight is 284 g/mol. The van der Waals surface area contributed by atoms with Crippen molar-refractivity contribution in [3.05, 3.63) is 34.9 Å². The molecule has 1 N–H and O–H groups in total. The molecule has 5 heteroatoms. The predicted octanol–water partition coefficient (Wildman–Crippen LogP) is 3.93. The van der Waals surface area contributed by atoms with Gasteiger partial charge in [0.2, 0.25) is 0 Å². The monoisotopic (exact) mass is 284 g/mol. The van der Waals surface area contributed by atoms with Crippen molar-refractivity contribution in [1.29, 1.82) is 0 Å². The molecule has 0 bridgehead atoms. The van der Waals surface area contributed by atoms with Gasteiger partial charge in [0, 0.05) is 0 Å². The molecule has 0 spiro atoms. The molecule has 1 heterocycles. The molecule has 0 radical (unpaired) electrons. The van der Waals surface area contributed by atoms with Crippen molar-refractivity contribution < 1.29 is 23.4 Å². The Morgan fingerprint density at radius 2 is 2.00 bits per heavy atom. The van der Waals surface area contributed by atoms with E-state index >= 15 is 0 Å². The molecule has 0 aliphatic carbocycles. The minimum absolute atomic E-state index is 0.352. The maximum atomic E-state index is 13.6. The van der Waals surface area contributed by atoms with E-state index in [0.29, 0.717) is 24.5 Å². The van der Waals surface area contributed by atoms with Crippen LogP contribution in [0.1, 0.15) is 54.6 Å². The third-order valence-electron chi connectivity index (χ3n) is 3.72. The van der Waals surface area contributed by atoms with E-state index in [-0.39, 0.29) is 6.10 Å². The van der Waals surface area contributed by atoms with Gasteiger partial charge >= 0.3 is 5.97 Å². The van der Waals surface area contributed by atoms with Gasteiger partial charge in [-0.05, 0) is 42.9 Å². The number of carboxylic acids is 1. The number of halogens is 2. The SMILES string of the molecule is CCCC1CCC(c2cc(F)c(C(=O)O)c(F)c2)OC1. The van der Waals surface area contributed by atoms with Gasteiger partial charge in [-0.1, -0.05) is 13.3 Å². The number of hydrogen-bond acceptors (Lipinski definition) is 2. The summed E-state index contributed by atoms with van der Waals surface area (Å²) in [4.78, 5) is 10.7. The van der Waals surface area contributed by atoms with Crippen LogP contribution < -0.4 is 0 Å². The van der Waals surface area contributed by atoms with E-state index in [9.17, 15) is 13.6 Å². The van der Waals surface area contributed by atoms with Crippen LogP contribution in [0.5, 0.6) is 0 Å². The fourth-order valence-corrected chi connectivity index (χ4v) is 2.69. The summed E-state index contributed by atoms with van der Waals surface area (Å²) in [6, 6.07) is 2.13. The second-order valence-electron chi connectivity index (χ2n) is 5.22. The van der Waals surface area contributed by atoms with Crippen LogP contribution in [0.4, 0.5) is 8.78 Å². The van der Waals surface area contributed by atoms with Crippen molar-refractivity contribution in [3.8, 4) is 0 Å². The van der Waals surface area contributed by atoms with Crippen LogP contribution in [-0.4, -0.2) is 17.7 Å². The molecule has 0 aromatic heterocycles. The van der Waals surface area contributed by atoms with Crippen LogP contribution in [0.2, 0.25) is 0 Å². The Balaban J connectivity index is 2.13. The second kappa shape index (κ2) is 6.31. The summed E-state index contributed by atoms with van der Waals surface area (Å²) in [6.07, 6.45) is 3.50. The van der Waals surface area contributed by atoms with Crippen LogP contribution in [0.15, 0.2) is 12.1 Å². The molecule has 1 aliphatic heterocycles. The second-order valence-corrected chi connectivity index (χ2v) is 5.22. The Kier molecular flexibility index (Phi) is 4.70. The molecule has 2 atom stereocenters. The third-order valence-corrected chi connectivity index (χ3v) is 3.72. The number of aromatic carboxylic acids is 1. The number of ether oxygens (including phenoxy) is 1. The molecular weight excluding hydrogens is 266 g/mol.